The number of hydrogen-bond acceptors (Lipinski definition) is 6. The molecule has 0 atom stereocenters. The Morgan fingerprint density at radius 3 is 2.27 bits per heavy atom. The van der Waals surface area contributed by atoms with Crippen molar-refractivity contribution in [3.05, 3.63) is 29.8 Å². The molecule has 0 bridgehead atoms. The minimum absolute atomic E-state index is 0.0860. The molecule has 6 heteroatoms. The van der Waals surface area contributed by atoms with Crippen molar-refractivity contribution in [1.29, 1.82) is 0 Å². The summed E-state index contributed by atoms with van der Waals surface area (Å²) in [5, 5.41) is 0. The van der Waals surface area contributed by atoms with Gasteiger partial charge >= 0.3 is 11.9 Å². The zero-order valence-electron chi connectivity index (χ0n) is 15.4. The van der Waals surface area contributed by atoms with E-state index < -0.39 is 11.9 Å². The molecule has 0 spiro atoms. The molecule has 1 heterocycles. The van der Waals surface area contributed by atoms with Crippen LogP contribution in [-0.4, -0.2) is 32.3 Å². The molecule has 26 heavy (non-hydrogen) atoms. The number of carbonyl (C=O) groups excluding carboxylic acids is 2. The molecule has 6 nitrogen and oxygen atoms in total. The molecule has 0 aromatic heterocycles. The van der Waals surface area contributed by atoms with Crippen LogP contribution < -0.4 is 14.2 Å². The number of fused-ring (bicyclic) bond motifs is 1. The quantitative estimate of drug-likeness (QED) is 0.449. The highest BCUT2D eigenvalue weighted by atomic mass is 16.6. The fraction of sp³-hybridized carbons (Fsp3) is 0.500. The number of ether oxygens (including phenoxy) is 4. The summed E-state index contributed by atoms with van der Waals surface area (Å²) in [7, 11) is 1.50. The molecule has 0 N–H and O–H groups in total. The highest BCUT2D eigenvalue weighted by Gasteiger charge is 2.23. The highest BCUT2D eigenvalue weighted by Crippen LogP contribution is 2.35. The van der Waals surface area contributed by atoms with Crippen LogP contribution in [0.15, 0.2) is 24.3 Å². The summed E-state index contributed by atoms with van der Waals surface area (Å²) in [6, 6.07) is 3.10. The van der Waals surface area contributed by atoms with Crippen molar-refractivity contribution >= 4 is 11.9 Å². The van der Waals surface area contributed by atoms with Crippen molar-refractivity contribution in [3.8, 4) is 17.2 Å². The zero-order chi connectivity index (χ0) is 18.8. The van der Waals surface area contributed by atoms with Crippen molar-refractivity contribution in [1.82, 2.24) is 0 Å². The van der Waals surface area contributed by atoms with Gasteiger partial charge in [0.05, 0.1) is 20.3 Å². The molecule has 0 saturated heterocycles. The number of benzene rings is 1. The molecule has 0 radical (unpaired) electrons. The largest absolute Gasteiger partial charge is 0.496 e. The van der Waals surface area contributed by atoms with E-state index >= 15 is 0 Å². The Labute approximate surface area is 154 Å². The van der Waals surface area contributed by atoms with Gasteiger partial charge in [-0.1, -0.05) is 12.2 Å². The Morgan fingerprint density at radius 2 is 1.65 bits per heavy atom. The standard InChI is InChI=1S/C20H26O6/c1-15(21)26-18-14-16(23-2)13-17-19(18)20(22)25-12-10-8-6-4-3-5-7-9-11-24-17/h3-4,13-14H,5-12H2,1-2H3/b4-3-. The van der Waals surface area contributed by atoms with Crippen molar-refractivity contribution < 1.29 is 28.5 Å². The maximum Gasteiger partial charge on any atom is 0.345 e. The van der Waals surface area contributed by atoms with Gasteiger partial charge in [0.25, 0.3) is 0 Å². The SMILES string of the molecule is COc1cc2c(c(OC(C)=O)c1)C(=O)OCCCC/C=C\CCCCO2. The third-order valence-corrected chi connectivity index (χ3v) is 3.92. The number of carbonyl (C=O) groups is 2. The lowest BCUT2D eigenvalue weighted by atomic mass is 10.1. The minimum atomic E-state index is -0.565. The van der Waals surface area contributed by atoms with Gasteiger partial charge in [0.15, 0.2) is 5.75 Å². The second-order valence-corrected chi connectivity index (χ2v) is 6.04. The van der Waals surface area contributed by atoms with E-state index in [-0.39, 0.29) is 11.3 Å². The molecule has 0 saturated carbocycles. The molecule has 1 aromatic carbocycles. The maximum atomic E-state index is 12.6. The van der Waals surface area contributed by atoms with Gasteiger partial charge < -0.3 is 18.9 Å². The van der Waals surface area contributed by atoms with Crippen molar-refractivity contribution in [2.24, 2.45) is 0 Å². The van der Waals surface area contributed by atoms with Gasteiger partial charge in [-0.25, -0.2) is 4.79 Å². The van der Waals surface area contributed by atoms with Gasteiger partial charge in [-0.15, -0.1) is 0 Å². The van der Waals surface area contributed by atoms with Gasteiger partial charge in [-0.3, -0.25) is 4.79 Å². The van der Waals surface area contributed by atoms with E-state index in [2.05, 4.69) is 12.2 Å². The number of hydrogen-bond donors (Lipinski definition) is 0. The lowest BCUT2D eigenvalue weighted by Gasteiger charge is -2.16. The Kier molecular flexibility index (Phi) is 7.99. The van der Waals surface area contributed by atoms with Crippen LogP contribution in [0.2, 0.25) is 0 Å². The van der Waals surface area contributed by atoms with Gasteiger partial charge in [0.2, 0.25) is 0 Å². The minimum Gasteiger partial charge on any atom is -0.496 e. The van der Waals surface area contributed by atoms with E-state index in [1.54, 1.807) is 6.07 Å². The lowest BCUT2D eigenvalue weighted by molar-refractivity contribution is -0.131. The molecule has 0 fully saturated rings. The number of cyclic esters (lactones) is 1. The number of allylic oxidation sites excluding steroid dienone is 2. The van der Waals surface area contributed by atoms with Crippen LogP contribution in [0.3, 0.4) is 0 Å². The van der Waals surface area contributed by atoms with Crippen molar-refractivity contribution in [2.45, 2.75) is 45.4 Å². The van der Waals surface area contributed by atoms with Crippen molar-refractivity contribution in [3.63, 3.8) is 0 Å². The summed E-state index contributed by atoms with van der Waals surface area (Å²) < 4.78 is 21.6. The second kappa shape index (κ2) is 10.5. The van der Waals surface area contributed by atoms with E-state index in [1.807, 2.05) is 0 Å². The Bertz CT molecular complexity index is 650. The molecular formula is C20H26O6. The van der Waals surface area contributed by atoms with Gasteiger partial charge in [-0.05, 0) is 38.5 Å². The molecule has 2 rings (SSSR count). The first-order valence-corrected chi connectivity index (χ1v) is 8.97. The van der Waals surface area contributed by atoms with E-state index in [1.165, 1.54) is 20.1 Å². The van der Waals surface area contributed by atoms with Crippen LogP contribution >= 0.6 is 0 Å². The molecule has 0 aliphatic carbocycles. The number of methoxy groups -OCH3 is 1. The summed E-state index contributed by atoms with van der Waals surface area (Å²) >= 11 is 0. The number of esters is 2. The molecule has 0 unspecified atom stereocenters. The second-order valence-electron chi connectivity index (χ2n) is 6.04. The molecule has 1 aliphatic rings. The van der Waals surface area contributed by atoms with E-state index in [0.717, 1.165) is 38.5 Å². The topological polar surface area (TPSA) is 71.1 Å². The molecular weight excluding hydrogens is 336 g/mol. The van der Waals surface area contributed by atoms with E-state index in [0.29, 0.717) is 24.7 Å². The molecule has 0 amide bonds. The molecule has 142 valence electrons. The van der Waals surface area contributed by atoms with E-state index in [9.17, 15) is 9.59 Å². The Hall–Kier alpha value is -2.50. The predicted molar refractivity (Wildman–Crippen MR) is 96.9 cm³/mol. The zero-order valence-corrected chi connectivity index (χ0v) is 15.4. The average molecular weight is 362 g/mol. The first-order chi connectivity index (χ1) is 12.6. The molecule has 1 aromatic rings. The van der Waals surface area contributed by atoms with Gasteiger partial charge in [-0.2, -0.15) is 0 Å². The van der Waals surface area contributed by atoms with Crippen LogP contribution in [0.1, 0.15) is 55.8 Å². The summed E-state index contributed by atoms with van der Waals surface area (Å²) in [5.74, 6) is -0.271. The fourth-order valence-electron chi connectivity index (χ4n) is 2.62. The molecule has 1 aliphatic heterocycles. The highest BCUT2D eigenvalue weighted by molar-refractivity contribution is 5.97. The summed E-state index contributed by atoms with van der Waals surface area (Å²) in [5.41, 5.74) is 0.119. The Balaban J connectivity index is 2.31. The number of rotatable bonds is 2. The fourth-order valence-corrected chi connectivity index (χ4v) is 2.62. The van der Waals surface area contributed by atoms with E-state index in [4.69, 9.17) is 18.9 Å². The predicted octanol–water partition coefficient (Wildman–Crippen LogP) is 4.07. The summed E-state index contributed by atoms with van der Waals surface area (Å²) in [4.78, 5) is 24.0. The normalized spacial score (nSPS) is 17.5. The van der Waals surface area contributed by atoms with Crippen LogP contribution in [0.25, 0.3) is 0 Å². The first kappa shape index (κ1) is 19.8. The van der Waals surface area contributed by atoms with Crippen LogP contribution in [0.4, 0.5) is 0 Å². The first-order valence-electron chi connectivity index (χ1n) is 8.97. The smallest absolute Gasteiger partial charge is 0.345 e. The van der Waals surface area contributed by atoms with Crippen LogP contribution in [-0.2, 0) is 9.53 Å². The van der Waals surface area contributed by atoms with Crippen molar-refractivity contribution in [2.75, 3.05) is 20.3 Å². The third kappa shape index (κ3) is 6.10. The average Bonchev–Trinajstić information content (AvgIpc) is 2.61. The lowest BCUT2D eigenvalue weighted by Crippen LogP contribution is -2.14. The van der Waals surface area contributed by atoms with Gasteiger partial charge in [0.1, 0.15) is 17.1 Å². The Morgan fingerprint density at radius 1 is 1.00 bits per heavy atom. The van der Waals surface area contributed by atoms with Crippen LogP contribution in [0, 0.1) is 0 Å². The maximum absolute atomic E-state index is 12.6. The summed E-state index contributed by atoms with van der Waals surface area (Å²) in [6.45, 7) is 2.02. The van der Waals surface area contributed by atoms with Gasteiger partial charge in [0, 0.05) is 19.1 Å². The summed E-state index contributed by atoms with van der Waals surface area (Å²) in [6.07, 6.45) is 9.89. The van der Waals surface area contributed by atoms with Crippen LogP contribution in [0.5, 0.6) is 17.2 Å². The monoisotopic (exact) mass is 362 g/mol. The third-order valence-electron chi connectivity index (χ3n) is 3.92.